The fraction of sp³-hybridized carbons (Fsp3) is 0.133. The van der Waals surface area contributed by atoms with Gasteiger partial charge in [0, 0.05) is 6.61 Å². The van der Waals surface area contributed by atoms with Crippen LogP contribution < -0.4 is 10.5 Å². The van der Waals surface area contributed by atoms with Crippen molar-refractivity contribution < 1.29 is 14.2 Å². The maximum absolute atomic E-state index is 13.7. The topological polar surface area (TPSA) is 79.3 Å². The molecule has 0 unspecified atom stereocenters. The molecule has 2 aromatic carbocycles. The van der Waals surface area contributed by atoms with Crippen molar-refractivity contribution in [1.29, 1.82) is 5.41 Å². The molecule has 4 nitrogen and oxygen atoms in total. The Balaban J connectivity index is 2.40. The van der Waals surface area contributed by atoms with Crippen LogP contribution in [0.5, 0.6) is 11.5 Å². The Morgan fingerprint density at radius 3 is 2.55 bits per heavy atom. The van der Waals surface area contributed by atoms with Gasteiger partial charge in [-0.2, -0.15) is 0 Å². The van der Waals surface area contributed by atoms with Gasteiger partial charge in [-0.3, -0.25) is 5.41 Å². The maximum Gasteiger partial charge on any atom is 0.141 e. The molecule has 0 aliphatic heterocycles. The van der Waals surface area contributed by atoms with Gasteiger partial charge in [-0.15, -0.1) is 0 Å². The summed E-state index contributed by atoms with van der Waals surface area (Å²) in [6.07, 6.45) is 0.431. The van der Waals surface area contributed by atoms with E-state index in [1.807, 2.05) is 12.1 Å². The van der Waals surface area contributed by atoms with Crippen LogP contribution in [0, 0.1) is 11.2 Å². The molecule has 0 amide bonds. The van der Waals surface area contributed by atoms with E-state index in [0.29, 0.717) is 12.2 Å². The lowest BCUT2D eigenvalue weighted by molar-refractivity contribution is 0.298. The monoisotopic (exact) mass is 274 g/mol. The maximum atomic E-state index is 13.7. The van der Waals surface area contributed by atoms with Gasteiger partial charge in [0.2, 0.25) is 0 Å². The van der Waals surface area contributed by atoms with Gasteiger partial charge in [0.15, 0.2) is 0 Å². The number of para-hydroxylation sites is 1. The molecule has 0 aliphatic carbocycles. The molecule has 0 aliphatic rings. The first-order valence-electron chi connectivity index (χ1n) is 6.13. The second-order valence-corrected chi connectivity index (χ2v) is 4.21. The lowest BCUT2D eigenvalue weighted by Gasteiger charge is -2.13. The first-order chi connectivity index (χ1) is 9.63. The van der Waals surface area contributed by atoms with E-state index >= 15 is 0 Å². The molecule has 2 aromatic rings. The van der Waals surface area contributed by atoms with Crippen LogP contribution in [-0.2, 0) is 6.42 Å². The highest BCUT2D eigenvalue weighted by atomic mass is 19.1. The molecular formula is C15H15FN2O2. The molecule has 0 spiro atoms. The van der Waals surface area contributed by atoms with Gasteiger partial charge in [-0.1, -0.05) is 24.3 Å². The van der Waals surface area contributed by atoms with E-state index < -0.39 is 11.7 Å². The van der Waals surface area contributed by atoms with Crippen molar-refractivity contribution >= 4 is 5.84 Å². The number of rotatable bonds is 5. The van der Waals surface area contributed by atoms with Gasteiger partial charge in [0.05, 0.1) is 5.56 Å². The highest BCUT2D eigenvalue weighted by molar-refractivity contribution is 5.98. The highest BCUT2D eigenvalue weighted by Gasteiger charge is 2.14. The van der Waals surface area contributed by atoms with Gasteiger partial charge in [-0.25, -0.2) is 4.39 Å². The SMILES string of the molecule is N=C(N)c1c(F)cccc1Oc1ccccc1CCO. The lowest BCUT2D eigenvalue weighted by Crippen LogP contribution is -2.14. The predicted octanol–water partition coefficient (Wildman–Crippen LogP) is 2.44. The molecule has 0 radical (unpaired) electrons. The first kappa shape index (κ1) is 14.0. The summed E-state index contributed by atoms with van der Waals surface area (Å²) in [5.41, 5.74) is 6.13. The Morgan fingerprint density at radius 2 is 1.85 bits per heavy atom. The number of benzene rings is 2. The van der Waals surface area contributed by atoms with Gasteiger partial charge >= 0.3 is 0 Å². The molecule has 0 heterocycles. The fourth-order valence-electron chi connectivity index (χ4n) is 1.90. The number of nitrogens with two attached hydrogens (primary N) is 1. The molecule has 20 heavy (non-hydrogen) atoms. The minimum absolute atomic E-state index is 0.0108. The molecule has 0 fully saturated rings. The summed E-state index contributed by atoms with van der Waals surface area (Å²) in [7, 11) is 0. The number of aliphatic hydroxyl groups excluding tert-OH is 1. The van der Waals surface area contributed by atoms with Gasteiger partial charge < -0.3 is 15.6 Å². The van der Waals surface area contributed by atoms with Crippen LogP contribution in [0.2, 0.25) is 0 Å². The van der Waals surface area contributed by atoms with Crippen molar-refractivity contribution in [2.75, 3.05) is 6.61 Å². The molecule has 0 saturated carbocycles. The number of aliphatic hydroxyl groups is 1. The Labute approximate surface area is 116 Å². The van der Waals surface area contributed by atoms with E-state index in [9.17, 15) is 4.39 Å². The zero-order valence-corrected chi connectivity index (χ0v) is 10.8. The number of nitrogen functional groups attached to an aromatic ring is 1. The largest absolute Gasteiger partial charge is 0.456 e. The molecule has 0 saturated heterocycles. The third-order valence-electron chi connectivity index (χ3n) is 2.82. The van der Waals surface area contributed by atoms with Crippen LogP contribution in [0.25, 0.3) is 0 Å². The standard InChI is InChI=1S/C15H15FN2O2/c16-11-5-3-7-13(14(11)15(17)18)20-12-6-2-1-4-10(12)8-9-19/h1-7,19H,8-9H2,(H3,17,18). The molecule has 5 heteroatoms. The number of hydrogen-bond donors (Lipinski definition) is 3. The third kappa shape index (κ3) is 2.95. The number of hydrogen-bond acceptors (Lipinski definition) is 3. The third-order valence-corrected chi connectivity index (χ3v) is 2.82. The zero-order chi connectivity index (χ0) is 14.5. The molecule has 0 bridgehead atoms. The van der Waals surface area contributed by atoms with Crippen LogP contribution in [0.3, 0.4) is 0 Å². The van der Waals surface area contributed by atoms with Gasteiger partial charge in [0.1, 0.15) is 23.2 Å². The number of ether oxygens (including phenoxy) is 1. The van der Waals surface area contributed by atoms with E-state index in [0.717, 1.165) is 5.56 Å². The van der Waals surface area contributed by atoms with Gasteiger partial charge in [-0.05, 0) is 30.2 Å². The Morgan fingerprint density at radius 1 is 1.15 bits per heavy atom. The van der Waals surface area contributed by atoms with Crippen LogP contribution in [0.4, 0.5) is 4.39 Å². The van der Waals surface area contributed by atoms with Crippen LogP contribution >= 0.6 is 0 Å². The Kier molecular flexibility index (Phi) is 4.32. The quantitative estimate of drug-likeness (QED) is 0.578. The van der Waals surface area contributed by atoms with E-state index in [-0.39, 0.29) is 17.9 Å². The van der Waals surface area contributed by atoms with Crippen molar-refractivity contribution in [3.8, 4) is 11.5 Å². The minimum atomic E-state index is -0.602. The second kappa shape index (κ2) is 6.16. The van der Waals surface area contributed by atoms with Crippen LogP contribution in [0.15, 0.2) is 42.5 Å². The second-order valence-electron chi connectivity index (χ2n) is 4.21. The minimum Gasteiger partial charge on any atom is -0.456 e. The van der Waals surface area contributed by atoms with E-state index in [4.69, 9.17) is 21.0 Å². The van der Waals surface area contributed by atoms with Crippen molar-refractivity contribution in [1.82, 2.24) is 0 Å². The average molecular weight is 274 g/mol. The van der Waals surface area contributed by atoms with Crippen molar-refractivity contribution in [2.24, 2.45) is 5.73 Å². The normalized spacial score (nSPS) is 10.3. The molecule has 0 aromatic heterocycles. The fourth-order valence-corrected chi connectivity index (χ4v) is 1.90. The summed E-state index contributed by atoms with van der Waals surface area (Å²) in [5, 5.41) is 16.5. The van der Waals surface area contributed by atoms with Crippen molar-refractivity contribution in [3.05, 3.63) is 59.4 Å². The molecule has 104 valence electrons. The highest BCUT2D eigenvalue weighted by Crippen LogP contribution is 2.29. The van der Waals surface area contributed by atoms with Crippen LogP contribution in [0.1, 0.15) is 11.1 Å². The van der Waals surface area contributed by atoms with E-state index in [2.05, 4.69) is 0 Å². The predicted molar refractivity (Wildman–Crippen MR) is 74.7 cm³/mol. The molecule has 4 N–H and O–H groups in total. The summed E-state index contributed by atoms with van der Waals surface area (Å²) in [5.74, 6) is -0.301. The molecule has 0 atom stereocenters. The van der Waals surface area contributed by atoms with Gasteiger partial charge in [0.25, 0.3) is 0 Å². The molecule has 2 rings (SSSR count). The first-order valence-corrected chi connectivity index (χ1v) is 6.13. The molecular weight excluding hydrogens is 259 g/mol. The van der Waals surface area contributed by atoms with E-state index in [1.54, 1.807) is 18.2 Å². The smallest absolute Gasteiger partial charge is 0.141 e. The van der Waals surface area contributed by atoms with E-state index in [1.165, 1.54) is 12.1 Å². The van der Waals surface area contributed by atoms with Crippen molar-refractivity contribution in [3.63, 3.8) is 0 Å². The average Bonchev–Trinajstić information content (AvgIpc) is 2.41. The summed E-state index contributed by atoms with van der Waals surface area (Å²) in [6.45, 7) is -0.0108. The number of halogens is 1. The Bertz CT molecular complexity index is 629. The zero-order valence-electron chi connectivity index (χ0n) is 10.8. The lowest BCUT2D eigenvalue weighted by atomic mass is 10.1. The van der Waals surface area contributed by atoms with Crippen molar-refractivity contribution in [2.45, 2.75) is 6.42 Å². The van der Waals surface area contributed by atoms with Crippen LogP contribution in [-0.4, -0.2) is 17.5 Å². The summed E-state index contributed by atoms with van der Waals surface area (Å²) in [4.78, 5) is 0. The number of amidine groups is 1. The summed E-state index contributed by atoms with van der Waals surface area (Å²) >= 11 is 0. The summed E-state index contributed by atoms with van der Waals surface area (Å²) < 4.78 is 19.4. The number of nitrogens with one attached hydrogen (secondary N) is 1. The Hall–Kier alpha value is -2.40. The summed E-state index contributed by atoms with van der Waals surface area (Å²) in [6, 6.07) is 11.4.